The maximum Gasteiger partial charge on any atom is 0.0712 e. The molecular weight excluding hydrogens is 190 g/mol. The van der Waals surface area contributed by atoms with Crippen LogP contribution in [0.4, 0.5) is 0 Å². The van der Waals surface area contributed by atoms with E-state index >= 15 is 0 Å². The zero-order valence-corrected chi connectivity index (χ0v) is 9.35. The molecule has 2 aliphatic rings. The van der Waals surface area contributed by atoms with Gasteiger partial charge in [0.05, 0.1) is 18.2 Å². The van der Waals surface area contributed by atoms with Gasteiger partial charge in [0, 0.05) is 4.91 Å². The molecule has 1 aliphatic carbocycles. The fourth-order valence-electron chi connectivity index (χ4n) is 3.04. The van der Waals surface area contributed by atoms with Crippen LogP contribution in [0.2, 0.25) is 0 Å². The third-order valence-electron chi connectivity index (χ3n) is 4.02. The minimum Gasteiger partial charge on any atom is -0.371 e. The van der Waals surface area contributed by atoms with Gasteiger partial charge in [-0.25, -0.2) is 0 Å². The minimum atomic E-state index is 0.119. The first-order valence-electron chi connectivity index (χ1n) is 5.95. The Bertz CT molecular complexity index is 275. The molecule has 84 valence electrons. The van der Waals surface area contributed by atoms with Gasteiger partial charge in [-0.05, 0) is 37.1 Å². The maximum absolute atomic E-state index is 8.28. The third-order valence-corrected chi connectivity index (χ3v) is 4.02. The Balaban J connectivity index is 1.97. The summed E-state index contributed by atoms with van der Waals surface area (Å²) >= 11 is 0. The Labute approximate surface area is 90.6 Å². The molecule has 1 saturated carbocycles. The molecule has 3 atom stereocenters. The molecule has 4 heteroatoms. The first-order valence-corrected chi connectivity index (χ1v) is 5.95. The lowest BCUT2D eigenvalue weighted by atomic mass is 9.75. The summed E-state index contributed by atoms with van der Waals surface area (Å²) < 4.78 is 6.14. The summed E-state index contributed by atoms with van der Waals surface area (Å²) in [4.78, 5) is 2.80. The highest BCUT2D eigenvalue weighted by Gasteiger charge is 2.44. The average Bonchev–Trinajstić information content (AvgIpc) is 2.65. The smallest absolute Gasteiger partial charge is 0.0712 e. The van der Waals surface area contributed by atoms with E-state index in [0.29, 0.717) is 12.5 Å². The van der Waals surface area contributed by atoms with E-state index in [1.165, 1.54) is 25.7 Å². The highest BCUT2D eigenvalue weighted by molar-refractivity contribution is 4.95. The van der Waals surface area contributed by atoms with Gasteiger partial charge in [-0.1, -0.05) is 24.9 Å². The molecule has 0 amide bonds. The van der Waals surface area contributed by atoms with Gasteiger partial charge in [-0.15, -0.1) is 0 Å². The van der Waals surface area contributed by atoms with Gasteiger partial charge in [-0.2, -0.15) is 0 Å². The van der Waals surface area contributed by atoms with Gasteiger partial charge in [0.25, 0.3) is 0 Å². The molecule has 0 bridgehead atoms. The second kappa shape index (κ2) is 4.42. The normalized spacial score (nSPS) is 40.3. The molecule has 4 nitrogen and oxygen atoms in total. The molecule has 1 spiro atoms. The van der Waals surface area contributed by atoms with Crippen LogP contribution in [0.3, 0.4) is 0 Å². The molecule has 0 N–H and O–H groups in total. The highest BCUT2D eigenvalue weighted by atomic mass is 16.5. The number of rotatable bonds is 2. The van der Waals surface area contributed by atoms with Crippen molar-refractivity contribution in [2.45, 2.75) is 57.2 Å². The summed E-state index contributed by atoms with van der Waals surface area (Å²) in [6, 6.07) is 0. The summed E-state index contributed by atoms with van der Waals surface area (Å²) in [5.41, 5.74) is 8.40. The summed E-state index contributed by atoms with van der Waals surface area (Å²) in [5, 5.41) is 3.61. The third kappa shape index (κ3) is 2.11. The van der Waals surface area contributed by atoms with Gasteiger partial charge in [0.1, 0.15) is 0 Å². The molecule has 2 fully saturated rings. The van der Waals surface area contributed by atoms with Gasteiger partial charge in [0.15, 0.2) is 0 Å². The first-order chi connectivity index (χ1) is 7.27. The Morgan fingerprint density at radius 3 is 3.00 bits per heavy atom. The Kier molecular flexibility index (Phi) is 3.17. The second-order valence-corrected chi connectivity index (χ2v) is 4.90. The van der Waals surface area contributed by atoms with E-state index in [-0.39, 0.29) is 11.7 Å². The number of nitrogens with zero attached hydrogens (tertiary/aromatic N) is 3. The van der Waals surface area contributed by atoms with Crippen LogP contribution >= 0.6 is 0 Å². The van der Waals surface area contributed by atoms with Crippen LogP contribution in [0.5, 0.6) is 0 Å². The highest BCUT2D eigenvalue weighted by Crippen LogP contribution is 2.45. The fourth-order valence-corrected chi connectivity index (χ4v) is 3.04. The van der Waals surface area contributed by atoms with E-state index in [4.69, 9.17) is 10.3 Å². The van der Waals surface area contributed by atoms with Crippen molar-refractivity contribution in [1.82, 2.24) is 0 Å². The van der Waals surface area contributed by atoms with Gasteiger partial charge in [0.2, 0.25) is 0 Å². The molecule has 0 aromatic carbocycles. The first kappa shape index (κ1) is 10.8. The van der Waals surface area contributed by atoms with Crippen LogP contribution in [0.25, 0.3) is 10.4 Å². The van der Waals surface area contributed by atoms with Crippen molar-refractivity contribution >= 4 is 0 Å². The van der Waals surface area contributed by atoms with E-state index < -0.39 is 0 Å². The minimum absolute atomic E-state index is 0.119. The van der Waals surface area contributed by atoms with Crippen molar-refractivity contribution in [2.75, 3.05) is 6.54 Å². The second-order valence-electron chi connectivity index (χ2n) is 4.90. The van der Waals surface area contributed by atoms with Crippen molar-refractivity contribution in [3.05, 3.63) is 10.4 Å². The molecular formula is C11H19N3O. The summed E-state index contributed by atoms with van der Waals surface area (Å²) in [6.45, 7) is 2.81. The SMILES string of the molecule is C[C@@H]1CCCC[C@@]12CC[C@H](CN=[N+]=[N-])O2. The molecule has 2 rings (SSSR count). The number of azide groups is 1. The zero-order chi connectivity index (χ0) is 10.7. The van der Waals surface area contributed by atoms with Gasteiger partial charge >= 0.3 is 0 Å². The summed E-state index contributed by atoms with van der Waals surface area (Å²) in [6.07, 6.45) is 7.49. The molecule has 1 saturated heterocycles. The zero-order valence-electron chi connectivity index (χ0n) is 9.35. The molecule has 0 radical (unpaired) electrons. The van der Waals surface area contributed by atoms with Crippen LogP contribution in [0.1, 0.15) is 45.4 Å². The Hall–Kier alpha value is -0.730. The van der Waals surface area contributed by atoms with E-state index in [9.17, 15) is 0 Å². The van der Waals surface area contributed by atoms with Crippen LogP contribution in [0.15, 0.2) is 5.11 Å². The predicted molar refractivity (Wildman–Crippen MR) is 58.5 cm³/mol. The van der Waals surface area contributed by atoms with E-state index in [0.717, 1.165) is 12.8 Å². The van der Waals surface area contributed by atoms with E-state index in [1.54, 1.807) is 0 Å². The van der Waals surface area contributed by atoms with Crippen LogP contribution in [-0.4, -0.2) is 18.2 Å². The Morgan fingerprint density at radius 1 is 1.40 bits per heavy atom. The van der Waals surface area contributed by atoms with Crippen molar-refractivity contribution in [2.24, 2.45) is 11.0 Å². The van der Waals surface area contributed by atoms with Crippen LogP contribution in [0, 0.1) is 5.92 Å². The maximum atomic E-state index is 8.28. The lowest BCUT2D eigenvalue weighted by molar-refractivity contribution is -0.0922. The molecule has 1 heterocycles. The quantitative estimate of drug-likeness (QED) is 0.390. The number of hydrogen-bond acceptors (Lipinski definition) is 2. The van der Waals surface area contributed by atoms with Crippen molar-refractivity contribution in [3.8, 4) is 0 Å². The molecule has 0 unspecified atom stereocenters. The van der Waals surface area contributed by atoms with Gasteiger partial charge < -0.3 is 4.74 Å². The lowest BCUT2D eigenvalue weighted by Gasteiger charge is -2.39. The van der Waals surface area contributed by atoms with E-state index in [1.807, 2.05) is 0 Å². The van der Waals surface area contributed by atoms with E-state index in [2.05, 4.69) is 16.9 Å². The van der Waals surface area contributed by atoms with Crippen LogP contribution in [-0.2, 0) is 4.74 Å². The monoisotopic (exact) mass is 209 g/mol. The average molecular weight is 209 g/mol. The topological polar surface area (TPSA) is 58.0 Å². The summed E-state index contributed by atoms with van der Waals surface area (Å²) in [7, 11) is 0. The number of hydrogen-bond donors (Lipinski definition) is 0. The molecule has 0 aromatic heterocycles. The molecule has 1 aliphatic heterocycles. The van der Waals surface area contributed by atoms with Crippen molar-refractivity contribution in [1.29, 1.82) is 0 Å². The molecule has 15 heavy (non-hydrogen) atoms. The lowest BCUT2D eigenvalue weighted by Crippen LogP contribution is -2.39. The van der Waals surface area contributed by atoms with Crippen molar-refractivity contribution in [3.63, 3.8) is 0 Å². The van der Waals surface area contributed by atoms with Crippen LogP contribution < -0.4 is 0 Å². The molecule has 0 aromatic rings. The van der Waals surface area contributed by atoms with Gasteiger partial charge in [-0.3, -0.25) is 0 Å². The number of ether oxygens (including phenoxy) is 1. The predicted octanol–water partition coefficient (Wildman–Crippen LogP) is 3.42. The fraction of sp³-hybridized carbons (Fsp3) is 1.00. The van der Waals surface area contributed by atoms with Crippen molar-refractivity contribution < 1.29 is 4.74 Å². The Morgan fingerprint density at radius 2 is 2.27 bits per heavy atom. The summed E-state index contributed by atoms with van der Waals surface area (Å²) in [5.74, 6) is 0.669. The standard InChI is InChI=1S/C11H19N3O/c1-9-4-2-3-6-11(9)7-5-10(15-11)8-13-14-12/h9-10H,2-8H2,1H3/t9-,10-,11-/m1/s1. The largest absolute Gasteiger partial charge is 0.371 e.